The Bertz CT molecular complexity index is 85.5. The minimum atomic E-state index is -0.216. The highest BCUT2D eigenvalue weighted by atomic mass is 35.5. The number of aliphatic hydroxyl groups is 1. The fraction of sp³-hybridized carbons (Fsp3) is 1.00. The number of halogens is 2. The molecule has 0 radical (unpaired) electrons. The average molecular weight is 249 g/mol. The van der Waals surface area contributed by atoms with Gasteiger partial charge in [-0.1, -0.05) is 0 Å². The van der Waals surface area contributed by atoms with Crippen molar-refractivity contribution in [2.45, 2.75) is 6.10 Å². The normalized spacial score (nSPS) is 11.0. The third kappa shape index (κ3) is 9.33. The van der Waals surface area contributed by atoms with Crippen LogP contribution < -0.4 is 0 Å². The molecule has 0 rings (SSSR count). The molecule has 0 spiro atoms. The molecule has 1 nitrogen and oxygen atoms in total. The van der Waals surface area contributed by atoms with Crippen molar-refractivity contribution in [2.75, 3.05) is 34.8 Å². The van der Waals surface area contributed by atoms with Crippen molar-refractivity contribution in [1.82, 2.24) is 0 Å². The maximum atomic E-state index is 9.37. The lowest BCUT2D eigenvalue weighted by Crippen LogP contribution is -2.14. The maximum Gasteiger partial charge on any atom is 0.0720 e. The number of hydrogen-bond donors (Lipinski definition) is 1. The highest BCUT2D eigenvalue weighted by Gasteiger charge is 2.03. The van der Waals surface area contributed by atoms with Crippen LogP contribution in [0.5, 0.6) is 0 Å². The van der Waals surface area contributed by atoms with Gasteiger partial charge in [0.15, 0.2) is 0 Å². The molecule has 0 unspecified atom stereocenters. The minimum absolute atomic E-state index is 0.216. The zero-order chi connectivity index (χ0) is 9.23. The zero-order valence-corrected chi connectivity index (χ0v) is 9.98. The average Bonchev–Trinajstić information content (AvgIpc) is 2.06. The molecule has 0 aromatic carbocycles. The van der Waals surface area contributed by atoms with Crippen LogP contribution in [0.25, 0.3) is 0 Å². The summed E-state index contributed by atoms with van der Waals surface area (Å²) in [5.74, 6) is 4.71. The summed E-state index contributed by atoms with van der Waals surface area (Å²) in [5.41, 5.74) is 0. The van der Waals surface area contributed by atoms with Gasteiger partial charge in [0, 0.05) is 34.8 Å². The van der Waals surface area contributed by atoms with Gasteiger partial charge in [0.1, 0.15) is 0 Å². The van der Waals surface area contributed by atoms with Gasteiger partial charge in [0.05, 0.1) is 6.10 Å². The summed E-state index contributed by atoms with van der Waals surface area (Å²) in [6.45, 7) is 0. The van der Waals surface area contributed by atoms with Gasteiger partial charge < -0.3 is 5.11 Å². The molecule has 0 amide bonds. The molecule has 12 heavy (non-hydrogen) atoms. The van der Waals surface area contributed by atoms with Crippen molar-refractivity contribution in [3.05, 3.63) is 0 Å². The molecule has 0 aliphatic heterocycles. The van der Waals surface area contributed by atoms with Crippen LogP contribution in [0.15, 0.2) is 0 Å². The van der Waals surface area contributed by atoms with Crippen LogP contribution in [-0.2, 0) is 0 Å². The zero-order valence-electron chi connectivity index (χ0n) is 6.84. The molecule has 0 saturated heterocycles. The van der Waals surface area contributed by atoms with Crippen LogP contribution in [0.1, 0.15) is 0 Å². The van der Waals surface area contributed by atoms with Crippen LogP contribution in [0.2, 0.25) is 0 Å². The number of hydrogen-bond acceptors (Lipinski definition) is 3. The Kier molecular flexibility index (Phi) is 11.4. The molecule has 1 N–H and O–H groups in total. The van der Waals surface area contributed by atoms with Crippen LogP contribution in [-0.4, -0.2) is 46.0 Å². The molecule has 0 atom stereocenters. The topological polar surface area (TPSA) is 20.2 Å². The van der Waals surface area contributed by atoms with E-state index < -0.39 is 0 Å². The molecule has 0 aromatic rings. The number of thioether (sulfide) groups is 2. The number of aliphatic hydroxyl groups excluding tert-OH is 1. The molecular weight excluding hydrogens is 235 g/mol. The Hall–Kier alpha value is 1.24. The third-order valence-corrected chi connectivity index (χ3v) is 4.12. The van der Waals surface area contributed by atoms with E-state index in [9.17, 15) is 5.11 Å². The summed E-state index contributed by atoms with van der Waals surface area (Å²) >= 11 is 14.4. The number of rotatable bonds is 8. The first-order chi connectivity index (χ1) is 5.81. The van der Waals surface area contributed by atoms with Crippen molar-refractivity contribution >= 4 is 46.7 Å². The predicted molar refractivity (Wildman–Crippen MR) is 62.1 cm³/mol. The van der Waals surface area contributed by atoms with Crippen LogP contribution in [0, 0.1) is 0 Å². The van der Waals surface area contributed by atoms with Crippen molar-refractivity contribution in [2.24, 2.45) is 0 Å². The second-order valence-electron chi connectivity index (χ2n) is 2.18. The van der Waals surface area contributed by atoms with Gasteiger partial charge in [0.2, 0.25) is 0 Å². The Morgan fingerprint density at radius 2 is 1.42 bits per heavy atom. The van der Waals surface area contributed by atoms with Gasteiger partial charge in [-0.05, 0) is 0 Å². The second kappa shape index (κ2) is 10.3. The van der Waals surface area contributed by atoms with Crippen LogP contribution in [0.4, 0.5) is 0 Å². The largest absolute Gasteiger partial charge is 0.391 e. The first kappa shape index (κ1) is 13.2. The Labute approximate surface area is 92.6 Å². The van der Waals surface area contributed by atoms with E-state index in [1.807, 2.05) is 0 Å². The first-order valence-electron chi connectivity index (χ1n) is 3.76. The van der Waals surface area contributed by atoms with Gasteiger partial charge in [-0.15, -0.1) is 23.2 Å². The fourth-order valence-corrected chi connectivity index (χ4v) is 2.73. The summed E-state index contributed by atoms with van der Waals surface area (Å²) in [6, 6.07) is 0. The van der Waals surface area contributed by atoms with Crippen molar-refractivity contribution in [3.8, 4) is 0 Å². The molecule has 0 aromatic heterocycles. The summed E-state index contributed by atoms with van der Waals surface area (Å²) < 4.78 is 0. The van der Waals surface area contributed by atoms with E-state index in [4.69, 9.17) is 23.2 Å². The van der Waals surface area contributed by atoms with Gasteiger partial charge in [0.25, 0.3) is 0 Å². The van der Waals surface area contributed by atoms with E-state index >= 15 is 0 Å². The summed E-state index contributed by atoms with van der Waals surface area (Å²) in [4.78, 5) is 0. The predicted octanol–water partition coefficient (Wildman–Crippen LogP) is 2.29. The molecular formula is C7H14Cl2OS2. The van der Waals surface area contributed by atoms with E-state index in [0.29, 0.717) is 11.8 Å². The molecule has 0 heterocycles. The lowest BCUT2D eigenvalue weighted by atomic mass is 10.5. The van der Waals surface area contributed by atoms with E-state index in [0.717, 1.165) is 23.0 Å². The van der Waals surface area contributed by atoms with Gasteiger partial charge >= 0.3 is 0 Å². The lowest BCUT2D eigenvalue weighted by molar-refractivity contribution is 0.225. The minimum Gasteiger partial charge on any atom is -0.391 e. The van der Waals surface area contributed by atoms with Crippen molar-refractivity contribution in [3.63, 3.8) is 0 Å². The molecule has 74 valence electrons. The Morgan fingerprint density at radius 3 is 1.75 bits per heavy atom. The molecule has 5 heteroatoms. The molecule has 0 aliphatic rings. The van der Waals surface area contributed by atoms with E-state index in [2.05, 4.69) is 0 Å². The quantitative estimate of drug-likeness (QED) is 0.526. The van der Waals surface area contributed by atoms with E-state index in [1.165, 1.54) is 0 Å². The Morgan fingerprint density at radius 1 is 1.00 bits per heavy atom. The highest BCUT2D eigenvalue weighted by Crippen LogP contribution is 2.09. The van der Waals surface area contributed by atoms with E-state index in [-0.39, 0.29) is 6.10 Å². The standard InChI is InChI=1S/C7H14Cl2OS2/c8-1-3-11-5-7(10)6-12-4-2-9/h7,10H,1-6H2. The van der Waals surface area contributed by atoms with Gasteiger partial charge in [-0.3, -0.25) is 0 Å². The maximum absolute atomic E-state index is 9.37. The van der Waals surface area contributed by atoms with Gasteiger partial charge in [-0.2, -0.15) is 23.5 Å². The monoisotopic (exact) mass is 248 g/mol. The summed E-state index contributed by atoms with van der Waals surface area (Å²) in [7, 11) is 0. The van der Waals surface area contributed by atoms with Crippen LogP contribution >= 0.6 is 46.7 Å². The molecule has 0 aliphatic carbocycles. The van der Waals surface area contributed by atoms with Crippen molar-refractivity contribution in [1.29, 1.82) is 0 Å². The molecule has 0 saturated carbocycles. The van der Waals surface area contributed by atoms with Crippen molar-refractivity contribution < 1.29 is 5.11 Å². The summed E-state index contributed by atoms with van der Waals surface area (Å²) in [6.07, 6.45) is -0.216. The smallest absolute Gasteiger partial charge is 0.0720 e. The number of alkyl halides is 2. The highest BCUT2D eigenvalue weighted by molar-refractivity contribution is 8.00. The molecule has 0 fully saturated rings. The summed E-state index contributed by atoms with van der Waals surface area (Å²) in [5, 5.41) is 9.37. The second-order valence-corrected chi connectivity index (χ2v) is 5.24. The van der Waals surface area contributed by atoms with E-state index in [1.54, 1.807) is 23.5 Å². The van der Waals surface area contributed by atoms with Crippen LogP contribution in [0.3, 0.4) is 0 Å². The Balaban J connectivity index is 3.04. The molecule has 0 bridgehead atoms. The third-order valence-electron chi connectivity index (χ3n) is 1.06. The fourth-order valence-electron chi connectivity index (χ4n) is 0.596. The SMILES string of the molecule is OC(CSCCCl)CSCCCl. The first-order valence-corrected chi connectivity index (χ1v) is 7.14. The lowest BCUT2D eigenvalue weighted by Gasteiger charge is -2.08. The van der Waals surface area contributed by atoms with Gasteiger partial charge in [-0.25, -0.2) is 0 Å².